The SMILES string of the molecule is COc1ccnc(C(=O)NC[C@@H]2CCCN(c3ncccn3)C2)c1. The van der Waals surface area contributed by atoms with Crippen LogP contribution in [-0.2, 0) is 0 Å². The van der Waals surface area contributed by atoms with Crippen LogP contribution in [0.25, 0.3) is 0 Å². The highest BCUT2D eigenvalue weighted by molar-refractivity contribution is 5.92. The third-order valence-electron chi connectivity index (χ3n) is 4.11. The Bertz CT molecular complexity index is 680. The molecule has 1 fully saturated rings. The number of methoxy groups -OCH3 is 1. The summed E-state index contributed by atoms with van der Waals surface area (Å²) in [4.78, 5) is 27.1. The molecule has 0 unspecified atom stereocenters. The second-order valence-corrected chi connectivity index (χ2v) is 5.79. The zero-order valence-corrected chi connectivity index (χ0v) is 13.7. The largest absolute Gasteiger partial charge is 0.497 e. The monoisotopic (exact) mass is 327 g/mol. The number of nitrogens with one attached hydrogen (secondary N) is 1. The maximum absolute atomic E-state index is 12.2. The number of pyridine rings is 1. The smallest absolute Gasteiger partial charge is 0.270 e. The lowest BCUT2D eigenvalue weighted by Crippen LogP contribution is -2.41. The number of piperidine rings is 1. The van der Waals surface area contributed by atoms with Crippen LogP contribution in [0.15, 0.2) is 36.8 Å². The number of rotatable bonds is 5. The highest BCUT2D eigenvalue weighted by Gasteiger charge is 2.22. The first-order valence-electron chi connectivity index (χ1n) is 8.06. The average molecular weight is 327 g/mol. The van der Waals surface area contributed by atoms with Crippen molar-refractivity contribution in [3.05, 3.63) is 42.5 Å². The molecule has 1 atom stereocenters. The van der Waals surface area contributed by atoms with Crippen LogP contribution in [-0.4, -0.2) is 47.6 Å². The number of hydrogen-bond donors (Lipinski definition) is 1. The quantitative estimate of drug-likeness (QED) is 0.897. The van der Waals surface area contributed by atoms with E-state index in [0.717, 1.165) is 31.9 Å². The van der Waals surface area contributed by atoms with Gasteiger partial charge in [-0.1, -0.05) is 0 Å². The van der Waals surface area contributed by atoms with Gasteiger partial charge in [0.15, 0.2) is 0 Å². The van der Waals surface area contributed by atoms with Crippen molar-refractivity contribution in [3.63, 3.8) is 0 Å². The van der Waals surface area contributed by atoms with Crippen LogP contribution < -0.4 is 15.0 Å². The van der Waals surface area contributed by atoms with Crippen LogP contribution in [0, 0.1) is 5.92 Å². The van der Waals surface area contributed by atoms with E-state index in [4.69, 9.17) is 4.74 Å². The maximum Gasteiger partial charge on any atom is 0.270 e. The van der Waals surface area contributed by atoms with E-state index < -0.39 is 0 Å². The molecule has 1 N–H and O–H groups in total. The van der Waals surface area contributed by atoms with Gasteiger partial charge in [0.1, 0.15) is 11.4 Å². The van der Waals surface area contributed by atoms with Gasteiger partial charge in [-0.05, 0) is 30.9 Å². The molecular weight excluding hydrogens is 306 g/mol. The Kier molecular flexibility index (Phi) is 5.20. The molecule has 0 aliphatic carbocycles. The number of amides is 1. The summed E-state index contributed by atoms with van der Waals surface area (Å²) in [5.74, 6) is 1.57. The third-order valence-corrected chi connectivity index (χ3v) is 4.11. The first-order valence-corrected chi connectivity index (χ1v) is 8.06. The van der Waals surface area contributed by atoms with Crippen molar-refractivity contribution >= 4 is 11.9 Å². The van der Waals surface area contributed by atoms with E-state index in [1.807, 2.05) is 6.07 Å². The first kappa shape index (κ1) is 16.2. The van der Waals surface area contributed by atoms with Crippen molar-refractivity contribution in [3.8, 4) is 5.75 Å². The topological polar surface area (TPSA) is 80.2 Å². The summed E-state index contributed by atoms with van der Waals surface area (Å²) >= 11 is 0. The van der Waals surface area contributed by atoms with Crippen LogP contribution >= 0.6 is 0 Å². The molecule has 7 heteroatoms. The van der Waals surface area contributed by atoms with E-state index in [-0.39, 0.29) is 5.91 Å². The summed E-state index contributed by atoms with van der Waals surface area (Å²) in [6, 6.07) is 5.17. The van der Waals surface area contributed by atoms with Crippen molar-refractivity contribution in [2.75, 3.05) is 31.6 Å². The summed E-state index contributed by atoms with van der Waals surface area (Å²) in [7, 11) is 1.57. The molecule has 0 aromatic carbocycles. The molecule has 1 amide bonds. The number of carbonyl (C=O) groups is 1. The summed E-state index contributed by atoms with van der Waals surface area (Å²) in [5.41, 5.74) is 0.369. The van der Waals surface area contributed by atoms with Crippen molar-refractivity contribution < 1.29 is 9.53 Å². The first-order chi connectivity index (χ1) is 11.8. The average Bonchev–Trinajstić information content (AvgIpc) is 2.67. The van der Waals surface area contributed by atoms with Gasteiger partial charge in [-0.3, -0.25) is 9.78 Å². The van der Waals surface area contributed by atoms with Crippen LogP contribution in [0.3, 0.4) is 0 Å². The Morgan fingerprint density at radius 1 is 1.33 bits per heavy atom. The van der Waals surface area contributed by atoms with Crippen LogP contribution in [0.1, 0.15) is 23.3 Å². The fourth-order valence-corrected chi connectivity index (χ4v) is 2.86. The minimum Gasteiger partial charge on any atom is -0.497 e. The van der Waals surface area contributed by atoms with Gasteiger partial charge in [0.25, 0.3) is 5.91 Å². The predicted octanol–water partition coefficient (Wildman–Crippen LogP) is 1.53. The number of carbonyl (C=O) groups excluding carboxylic acids is 1. The Labute approximate surface area is 141 Å². The van der Waals surface area contributed by atoms with E-state index in [0.29, 0.717) is 23.9 Å². The van der Waals surface area contributed by atoms with E-state index >= 15 is 0 Å². The number of hydrogen-bond acceptors (Lipinski definition) is 6. The molecule has 0 saturated carbocycles. The van der Waals surface area contributed by atoms with Crippen LogP contribution in [0.4, 0.5) is 5.95 Å². The molecule has 1 aliphatic heterocycles. The van der Waals surface area contributed by atoms with Gasteiger partial charge in [0, 0.05) is 44.3 Å². The summed E-state index contributed by atoms with van der Waals surface area (Å²) in [5, 5.41) is 2.97. The predicted molar refractivity (Wildman–Crippen MR) is 90.1 cm³/mol. The van der Waals surface area contributed by atoms with Crippen molar-refractivity contribution in [1.82, 2.24) is 20.3 Å². The second-order valence-electron chi connectivity index (χ2n) is 5.79. The van der Waals surface area contributed by atoms with Gasteiger partial charge >= 0.3 is 0 Å². The number of ether oxygens (including phenoxy) is 1. The lowest BCUT2D eigenvalue weighted by Gasteiger charge is -2.32. The summed E-state index contributed by atoms with van der Waals surface area (Å²) in [6.45, 7) is 2.41. The number of anilines is 1. The standard InChI is InChI=1S/C17H21N5O2/c1-24-14-5-8-18-15(10-14)16(23)21-11-13-4-2-9-22(12-13)17-19-6-3-7-20-17/h3,5-8,10,13H,2,4,9,11-12H2,1H3,(H,21,23)/t13-/m0/s1. The van der Waals surface area contributed by atoms with Gasteiger partial charge in [0.05, 0.1) is 7.11 Å². The minimum absolute atomic E-state index is 0.179. The zero-order valence-electron chi connectivity index (χ0n) is 13.7. The van der Waals surface area contributed by atoms with Gasteiger partial charge < -0.3 is 15.0 Å². The molecular formula is C17H21N5O2. The van der Waals surface area contributed by atoms with E-state index in [9.17, 15) is 4.79 Å². The molecule has 0 bridgehead atoms. The van der Waals surface area contributed by atoms with Gasteiger partial charge in [-0.15, -0.1) is 0 Å². The molecule has 7 nitrogen and oxygen atoms in total. The van der Waals surface area contributed by atoms with Crippen molar-refractivity contribution in [1.29, 1.82) is 0 Å². The van der Waals surface area contributed by atoms with Gasteiger partial charge in [-0.2, -0.15) is 0 Å². The highest BCUT2D eigenvalue weighted by Crippen LogP contribution is 2.19. The third kappa shape index (κ3) is 3.98. The Morgan fingerprint density at radius 3 is 2.96 bits per heavy atom. The minimum atomic E-state index is -0.179. The summed E-state index contributed by atoms with van der Waals surface area (Å²) in [6.07, 6.45) is 7.22. The Hall–Kier alpha value is -2.70. The lowest BCUT2D eigenvalue weighted by atomic mass is 9.98. The molecule has 0 spiro atoms. The second kappa shape index (κ2) is 7.72. The molecule has 1 aliphatic rings. The van der Waals surface area contributed by atoms with E-state index in [1.54, 1.807) is 37.8 Å². The van der Waals surface area contributed by atoms with E-state index in [1.165, 1.54) is 0 Å². The highest BCUT2D eigenvalue weighted by atomic mass is 16.5. The van der Waals surface area contributed by atoms with Crippen molar-refractivity contribution in [2.24, 2.45) is 5.92 Å². The van der Waals surface area contributed by atoms with E-state index in [2.05, 4.69) is 25.2 Å². The molecule has 2 aromatic rings. The molecule has 2 aromatic heterocycles. The van der Waals surface area contributed by atoms with Crippen LogP contribution in [0.2, 0.25) is 0 Å². The normalized spacial score (nSPS) is 17.4. The fraction of sp³-hybridized carbons (Fsp3) is 0.412. The fourth-order valence-electron chi connectivity index (χ4n) is 2.86. The van der Waals surface area contributed by atoms with Crippen molar-refractivity contribution in [2.45, 2.75) is 12.8 Å². The molecule has 126 valence electrons. The number of nitrogens with zero attached hydrogens (tertiary/aromatic N) is 4. The molecule has 3 rings (SSSR count). The Balaban J connectivity index is 1.55. The Morgan fingerprint density at radius 2 is 2.17 bits per heavy atom. The molecule has 0 radical (unpaired) electrons. The maximum atomic E-state index is 12.2. The molecule has 1 saturated heterocycles. The molecule has 24 heavy (non-hydrogen) atoms. The number of aromatic nitrogens is 3. The van der Waals surface area contributed by atoms with Crippen LogP contribution in [0.5, 0.6) is 5.75 Å². The summed E-state index contributed by atoms with van der Waals surface area (Å²) < 4.78 is 5.12. The molecule has 3 heterocycles. The zero-order chi connectivity index (χ0) is 16.8. The lowest BCUT2D eigenvalue weighted by molar-refractivity contribution is 0.0940. The van der Waals surface area contributed by atoms with Gasteiger partial charge in [0.2, 0.25) is 5.95 Å². The van der Waals surface area contributed by atoms with Gasteiger partial charge in [-0.25, -0.2) is 9.97 Å².